The molecule has 0 spiro atoms. The van der Waals surface area contributed by atoms with E-state index in [1.807, 2.05) is 6.92 Å². The van der Waals surface area contributed by atoms with Crippen LogP contribution >= 0.6 is 0 Å². The van der Waals surface area contributed by atoms with Crippen molar-refractivity contribution in [1.82, 2.24) is 0 Å². The molecule has 12 nitrogen and oxygen atoms in total. The molecule has 2 heterocycles. The average Bonchev–Trinajstić information content (AvgIpc) is 3.75. The molecule has 23 heteroatoms. The number of carboxylic acid groups (broad SMARTS) is 2. The van der Waals surface area contributed by atoms with Crippen LogP contribution in [0.5, 0.6) is 11.5 Å². The van der Waals surface area contributed by atoms with Crippen LogP contribution in [0, 0.1) is 11.6 Å². The predicted octanol–water partition coefficient (Wildman–Crippen LogP) is 6.08. The van der Waals surface area contributed by atoms with Crippen molar-refractivity contribution in [3.63, 3.8) is 0 Å². The van der Waals surface area contributed by atoms with Gasteiger partial charge in [-0.3, -0.25) is 14.5 Å². The van der Waals surface area contributed by atoms with E-state index in [-0.39, 0.29) is 24.1 Å². The smallest absolute Gasteiger partial charge is 0.490 e. The summed E-state index contributed by atoms with van der Waals surface area (Å²) in [4.78, 5) is 52.9. The number of carbonyl (C=O) groups is 4. The zero-order valence-electron chi connectivity index (χ0n) is 24.2. The number of benzene rings is 2. The molecule has 0 bridgehead atoms. The molecule has 1 fully saturated rings. The molecule has 2 aliphatic rings. The lowest BCUT2D eigenvalue weighted by Crippen LogP contribution is -2.38. The number of rotatable bonds is 6. The largest absolute Gasteiger partial charge is 0.494 e. The Balaban J connectivity index is 0.000000336. The number of fused-ring (bicyclic) bond motifs is 1. The SMILES string of the molecule is C[C@@H]1CC(=O)c2cc(F)ccc2O1.C[C@H](CC(=O)O)Oc1ccc(F)cc1.O=C(O)C(F)(F)F.O=C(OOC1(C(F)(F)F)OO1)C(F)(F)F. The molecule has 0 aliphatic carbocycles. The second-order valence-corrected chi connectivity index (χ2v) is 9.15. The Morgan fingerprint density at radius 2 is 1.41 bits per heavy atom. The van der Waals surface area contributed by atoms with E-state index in [1.54, 1.807) is 6.92 Å². The van der Waals surface area contributed by atoms with Gasteiger partial charge in [0, 0.05) is 6.42 Å². The number of alkyl halides is 9. The molecule has 1 saturated heterocycles. The Kier molecular flexibility index (Phi) is 14.7. The second-order valence-electron chi connectivity index (χ2n) is 9.15. The lowest BCUT2D eigenvalue weighted by molar-refractivity contribution is -0.414. The Morgan fingerprint density at radius 1 is 0.898 bits per heavy atom. The Labute approximate surface area is 265 Å². The number of hydrogen-bond acceptors (Lipinski definition) is 10. The number of carboxylic acids is 2. The highest BCUT2D eigenvalue weighted by Gasteiger charge is 2.75. The first kappa shape index (κ1) is 42.3. The second kappa shape index (κ2) is 17.1. The van der Waals surface area contributed by atoms with Gasteiger partial charge in [0.25, 0.3) is 0 Å². The third-order valence-electron chi connectivity index (χ3n) is 4.94. The quantitative estimate of drug-likeness (QED) is 0.152. The first-order chi connectivity index (χ1) is 22.3. The number of hydrogen-bond donors (Lipinski definition) is 2. The molecular formula is C26H21F11O12. The van der Waals surface area contributed by atoms with Crippen LogP contribution < -0.4 is 9.47 Å². The van der Waals surface area contributed by atoms with Crippen LogP contribution in [0.15, 0.2) is 42.5 Å². The van der Waals surface area contributed by atoms with Crippen molar-refractivity contribution in [2.75, 3.05) is 0 Å². The fourth-order valence-electron chi connectivity index (χ4n) is 2.83. The van der Waals surface area contributed by atoms with Gasteiger partial charge >= 0.3 is 42.4 Å². The molecule has 2 aromatic carbocycles. The molecule has 0 radical (unpaired) electrons. The summed E-state index contributed by atoms with van der Waals surface area (Å²) >= 11 is 0. The maximum atomic E-state index is 12.8. The van der Waals surface area contributed by atoms with Gasteiger partial charge in [0.1, 0.15) is 35.3 Å². The number of halogens is 11. The van der Waals surface area contributed by atoms with E-state index in [1.165, 1.54) is 42.5 Å². The highest BCUT2D eigenvalue weighted by atomic mass is 19.4. The van der Waals surface area contributed by atoms with Crippen LogP contribution in [0.3, 0.4) is 0 Å². The van der Waals surface area contributed by atoms with E-state index in [0.29, 0.717) is 23.5 Å². The molecule has 2 atom stereocenters. The Bertz CT molecular complexity index is 1440. The molecule has 0 aromatic heterocycles. The summed E-state index contributed by atoms with van der Waals surface area (Å²) in [5, 5.41) is 15.6. The maximum Gasteiger partial charge on any atom is 0.494 e. The summed E-state index contributed by atoms with van der Waals surface area (Å²) in [6.45, 7) is 3.47. The fourth-order valence-corrected chi connectivity index (χ4v) is 2.83. The molecular weight excluding hydrogens is 713 g/mol. The zero-order valence-corrected chi connectivity index (χ0v) is 24.2. The van der Waals surface area contributed by atoms with Crippen molar-refractivity contribution in [1.29, 1.82) is 0 Å². The van der Waals surface area contributed by atoms with Gasteiger partial charge in [0.15, 0.2) is 5.78 Å². The van der Waals surface area contributed by atoms with Crippen molar-refractivity contribution in [3.05, 3.63) is 59.7 Å². The summed E-state index contributed by atoms with van der Waals surface area (Å²) in [6, 6.07) is 9.49. The van der Waals surface area contributed by atoms with Crippen molar-refractivity contribution in [2.24, 2.45) is 0 Å². The van der Waals surface area contributed by atoms with Gasteiger partial charge in [-0.15, -0.1) is 4.89 Å². The summed E-state index contributed by atoms with van der Waals surface area (Å²) < 4.78 is 137. The normalized spacial score (nSPS) is 16.7. The highest BCUT2D eigenvalue weighted by molar-refractivity contribution is 5.99. The van der Waals surface area contributed by atoms with Gasteiger partial charge in [-0.1, -0.05) is 0 Å². The molecule has 0 amide bonds. The highest BCUT2D eigenvalue weighted by Crippen LogP contribution is 2.46. The minimum atomic E-state index is -5.48. The third kappa shape index (κ3) is 14.9. The lowest BCUT2D eigenvalue weighted by Gasteiger charge is -2.21. The first-order valence-electron chi connectivity index (χ1n) is 12.6. The molecule has 49 heavy (non-hydrogen) atoms. The zero-order chi connectivity index (χ0) is 38.0. The third-order valence-corrected chi connectivity index (χ3v) is 4.94. The number of aliphatic carboxylic acids is 2. The predicted molar refractivity (Wildman–Crippen MR) is 132 cm³/mol. The van der Waals surface area contributed by atoms with Gasteiger partial charge < -0.3 is 19.7 Å². The molecule has 2 aliphatic heterocycles. The van der Waals surface area contributed by atoms with Gasteiger partial charge in [-0.2, -0.15) is 49.3 Å². The standard InChI is InChI=1S/C10H11FO3.C10H9FO2.C4F6O5.C2HF3O2/c1-7(6-10(12)13)14-9-4-2-8(11)3-5-9;1-6-4-9(12)8-5-7(11)2-3-10(8)13-6;5-2(6,7)1(11)12-13-4(14-15-4)3(8,9)10;3-2(4,5)1(6)7/h2-5,7H,6H2,1H3,(H,12,13);2-3,5-6H,4H2,1H3;;(H,6,7)/t7-;6-;;/m11../s1. The minimum Gasteiger partial charge on any atom is -0.490 e. The summed E-state index contributed by atoms with van der Waals surface area (Å²) in [5.41, 5.74) is 0.359. The fraction of sp³-hybridized carbons (Fsp3) is 0.385. The van der Waals surface area contributed by atoms with E-state index in [2.05, 4.69) is 19.6 Å². The summed E-state index contributed by atoms with van der Waals surface area (Å²) in [5.74, 6) is -10.2. The molecule has 274 valence electrons. The molecule has 2 aromatic rings. The van der Waals surface area contributed by atoms with Crippen LogP contribution in [-0.4, -0.2) is 70.6 Å². The van der Waals surface area contributed by atoms with Crippen molar-refractivity contribution >= 4 is 23.7 Å². The van der Waals surface area contributed by atoms with E-state index in [4.69, 9.17) is 24.5 Å². The number of ether oxygens (including phenoxy) is 2. The summed E-state index contributed by atoms with van der Waals surface area (Å²) in [6.07, 6.45) is -16.1. The van der Waals surface area contributed by atoms with Gasteiger partial charge in [-0.25, -0.2) is 18.4 Å². The van der Waals surface area contributed by atoms with Gasteiger partial charge in [0.2, 0.25) is 0 Å². The van der Waals surface area contributed by atoms with Crippen LogP contribution in [0.25, 0.3) is 0 Å². The lowest BCUT2D eigenvalue weighted by atomic mass is 10.0. The number of ketones is 1. The number of carbonyl (C=O) groups excluding carboxylic acids is 2. The van der Waals surface area contributed by atoms with Crippen LogP contribution in [-0.2, 0) is 33.9 Å². The Morgan fingerprint density at radius 3 is 1.84 bits per heavy atom. The molecule has 4 rings (SSSR count). The number of Topliss-reactive ketones (excluding diaryl/α,β-unsaturated/α-hetero) is 1. The van der Waals surface area contributed by atoms with Gasteiger partial charge in [0.05, 0.1) is 12.0 Å². The minimum absolute atomic E-state index is 0.0479. The van der Waals surface area contributed by atoms with E-state index < -0.39 is 54.3 Å². The average molecular weight is 734 g/mol. The van der Waals surface area contributed by atoms with Crippen LogP contribution in [0.4, 0.5) is 48.3 Å². The first-order valence-corrected chi connectivity index (χ1v) is 12.6. The van der Waals surface area contributed by atoms with E-state index >= 15 is 0 Å². The van der Waals surface area contributed by atoms with Crippen molar-refractivity contribution in [3.8, 4) is 11.5 Å². The topological polar surface area (TPSA) is 171 Å². The monoisotopic (exact) mass is 734 g/mol. The van der Waals surface area contributed by atoms with E-state index in [0.717, 1.165) is 0 Å². The molecule has 0 unspecified atom stereocenters. The van der Waals surface area contributed by atoms with Crippen molar-refractivity contribution in [2.45, 2.75) is 63.4 Å². The van der Waals surface area contributed by atoms with Crippen molar-refractivity contribution < 1.29 is 107 Å². The molecule has 0 saturated carbocycles. The van der Waals surface area contributed by atoms with Crippen LogP contribution in [0.1, 0.15) is 37.0 Å². The molecule has 2 N–H and O–H groups in total. The summed E-state index contributed by atoms with van der Waals surface area (Å²) in [7, 11) is 0. The Hall–Kier alpha value is -4.77. The van der Waals surface area contributed by atoms with E-state index in [9.17, 15) is 62.7 Å². The van der Waals surface area contributed by atoms with Gasteiger partial charge in [-0.05, 0) is 56.3 Å². The van der Waals surface area contributed by atoms with Crippen LogP contribution in [0.2, 0.25) is 0 Å². The maximum absolute atomic E-state index is 12.8.